The number of aromatic nitrogens is 4. The second-order valence-electron chi connectivity index (χ2n) is 7.38. The maximum absolute atomic E-state index is 12.2. The lowest BCUT2D eigenvalue weighted by molar-refractivity contribution is -0.127. The summed E-state index contributed by atoms with van der Waals surface area (Å²) in [6, 6.07) is 0. The maximum Gasteiger partial charge on any atom is 0.262 e. The third-order valence-electron chi connectivity index (χ3n) is 5.73. The zero-order valence-electron chi connectivity index (χ0n) is 14.8. The molecule has 0 radical (unpaired) electrons. The average Bonchev–Trinajstić information content (AvgIpc) is 3.11. The number of nitrogens with zero attached hydrogens (tertiary/aromatic N) is 5. The Morgan fingerprint density at radius 3 is 2.72 bits per heavy atom. The van der Waals surface area contributed by atoms with E-state index < -0.39 is 0 Å². The summed E-state index contributed by atoms with van der Waals surface area (Å²) in [7, 11) is 1.79. The number of piperidine rings is 1. The van der Waals surface area contributed by atoms with Gasteiger partial charge >= 0.3 is 0 Å². The minimum Gasteiger partial charge on any atom is -0.342 e. The first-order valence-corrected chi connectivity index (χ1v) is 8.91. The van der Waals surface area contributed by atoms with Gasteiger partial charge in [-0.25, -0.2) is 4.98 Å². The zero-order valence-corrected chi connectivity index (χ0v) is 14.8. The molecular weight excluding hydrogens is 320 g/mol. The van der Waals surface area contributed by atoms with E-state index in [0.717, 1.165) is 39.0 Å². The van der Waals surface area contributed by atoms with Crippen LogP contribution in [0.3, 0.4) is 0 Å². The summed E-state index contributed by atoms with van der Waals surface area (Å²) >= 11 is 0. The first kappa shape index (κ1) is 16.3. The SMILES string of the molecule is CCN1CC2(CCN(Cc3nc4c(cnn4C)c(=O)[nH]3)CC2)CC1=O. The van der Waals surface area contributed by atoms with Crippen LogP contribution in [0.5, 0.6) is 0 Å². The fourth-order valence-electron chi connectivity index (χ4n) is 4.15. The summed E-state index contributed by atoms with van der Waals surface area (Å²) in [6.45, 7) is 6.23. The summed E-state index contributed by atoms with van der Waals surface area (Å²) in [5.74, 6) is 0.971. The number of likely N-dealkylation sites (tertiary alicyclic amines) is 2. The molecule has 2 fully saturated rings. The van der Waals surface area contributed by atoms with E-state index in [2.05, 4.69) is 20.0 Å². The molecule has 1 spiro atoms. The Morgan fingerprint density at radius 2 is 2.04 bits per heavy atom. The molecule has 8 nitrogen and oxygen atoms in total. The number of rotatable bonds is 3. The lowest BCUT2D eigenvalue weighted by Crippen LogP contribution is -2.41. The highest BCUT2D eigenvalue weighted by atomic mass is 16.2. The Balaban J connectivity index is 1.45. The standard InChI is InChI=1S/C17H24N6O2/c1-3-23-11-17(8-14(23)24)4-6-22(7-5-17)10-13-19-15-12(16(25)20-13)9-18-21(15)2/h9H,3-8,10-11H2,1-2H3,(H,19,20,25). The number of carbonyl (C=O) groups excluding carboxylic acids is 1. The number of aryl methyl sites for hydroxylation is 1. The van der Waals surface area contributed by atoms with Crippen molar-refractivity contribution in [2.75, 3.05) is 26.2 Å². The van der Waals surface area contributed by atoms with Gasteiger partial charge in [-0.2, -0.15) is 5.10 Å². The Morgan fingerprint density at radius 1 is 1.28 bits per heavy atom. The molecule has 0 saturated carbocycles. The van der Waals surface area contributed by atoms with Gasteiger partial charge in [0.2, 0.25) is 5.91 Å². The molecule has 0 unspecified atom stereocenters. The molecule has 0 aromatic carbocycles. The van der Waals surface area contributed by atoms with Crippen LogP contribution in [-0.2, 0) is 18.4 Å². The van der Waals surface area contributed by atoms with E-state index in [1.165, 1.54) is 0 Å². The van der Waals surface area contributed by atoms with Crippen LogP contribution < -0.4 is 5.56 Å². The third-order valence-corrected chi connectivity index (χ3v) is 5.73. The van der Waals surface area contributed by atoms with Crippen molar-refractivity contribution in [3.8, 4) is 0 Å². The van der Waals surface area contributed by atoms with Crippen molar-refractivity contribution < 1.29 is 4.79 Å². The summed E-state index contributed by atoms with van der Waals surface area (Å²) in [5.41, 5.74) is 0.630. The van der Waals surface area contributed by atoms with Crippen molar-refractivity contribution >= 4 is 16.9 Å². The maximum atomic E-state index is 12.2. The first-order chi connectivity index (χ1) is 12.0. The Hall–Kier alpha value is -2.22. The van der Waals surface area contributed by atoms with E-state index in [4.69, 9.17) is 0 Å². The molecule has 134 valence electrons. The van der Waals surface area contributed by atoms with Crippen molar-refractivity contribution in [2.45, 2.75) is 32.7 Å². The van der Waals surface area contributed by atoms with Crippen molar-refractivity contribution in [3.63, 3.8) is 0 Å². The van der Waals surface area contributed by atoms with Gasteiger partial charge in [0, 0.05) is 26.6 Å². The predicted octanol–water partition coefficient (Wildman–Crippen LogP) is 0.491. The van der Waals surface area contributed by atoms with Crippen LogP contribution in [0.4, 0.5) is 0 Å². The number of nitrogens with one attached hydrogen (secondary N) is 1. The highest BCUT2D eigenvalue weighted by molar-refractivity contribution is 5.79. The molecule has 2 saturated heterocycles. The van der Waals surface area contributed by atoms with Crippen LogP contribution in [0.2, 0.25) is 0 Å². The van der Waals surface area contributed by atoms with Crippen LogP contribution >= 0.6 is 0 Å². The molecule has 0 aliphatic carbocycles. The van der Waals surface area contributed by atoms with Crippen LogP contribution in [0.15, 0.2) is 11.0 Å². The number of amides is 1. The fourth-order valence-corrected chi connectivity index (χ4v) is 4.15. The highest BCUT2D eigenvalue weighted by Gasteiger charge is 2.44. The van der Waals surface area contributed by atoms with E-state index in [1.54, 1.807) is 17.9 Å². The van der Waals surface area contributed by atoms with E-state index >= 15 is 0 Å². The third kappa shape index (κ3) is 2.84. The molecule has 2 aromatic heterocycles. The van der Waals surface area contributed by atoms with Crippen LogP contribution in [0, 0.1) is 5.41 Å². The van der Waals surface area contributed by atoms with Crippen LogP contribution in [-0.4, -0.2) is 61.6 Å². The van der Waals surface area contributed by atoms with Gasteiger partial charge in [0.1, 0.15) is 11.2 Å². The van der Waals surface area contributed by atoms with E-state index in [9.17, 15) is 9.59 Å². The molecule has 2 aromatic rings. The van der Waals surface area contributed by atoms with Crippen LogP contribution in [0.1, 0.15) is 32.0 Å². The molecule has 4 heterocycles. The summed E-state index contributed by atoms with van der Waals surface area (Å²) in [4.78, 5) is 35.9. The molecule has 4 rings (SSSR count). The second-order valence-corrected chi connectivity index (χ2v) is 7.38. The Bertz CT molecular complexity index is 862. The van der Waals surface area contributed by atoms with Crippen LogP contribution in [0.25, 0.3) is 11.0 Å². The fraction of sp³-hybridized carbons (Fsp3) is 0.647. The van der Waals surface area contributed by atoms with Gasteiger partial charge in [-0.05, 0) is 38.3 Å². The predicted molar refractivity (Wildman–Crippen MR) is 92.9 cm³/mol. The highest BCUT2D eigenvalue weighted by Crippen LogP contribution is 2.41. The minimum atomic E-state index is -0.137. The second kappa shape index (κ2) is 5.94. The molecule has 25 heavy (non-hydrogen) atoms. The molecule has 2 aliphatic rings. The summed E-state index contributed by atoms with van der Waals surface area (Å²) in [5, 5.41) is 4.62. The Kier molecular flexibility index (Phi) is 3.87. The Labute approximate surface area is 145 Å². The number of hydrogen-bond donors (Lipinski definition) is 1. The molecular formula is C17H24N6O2. The summed E-state index contributed by atoms with van der Waals surface area (Å²) < 4.78 is 1.63. The smallest absolute Gasteiger partial charge is 0.262 e. The minimum absolute atomic E-state index is 0.137. The normalized spacial score (nSPS) is 20.9. The van der Waals surface area contributed by atoms with Gasteiger partial charge in [0.05, 0.1) is 12.7 Å². The van der Waals surface area contributed by atoms with Crippen molar-refractivity contribution in [1.82, 2.24) is 29.5 Å². The van der Waals surface area contributed by atoms with E-state index in [1.807, 2.05) is 11.8 Å². The number of H-pyrrole nitrogens is 1. The lowest BCUT2D eigenvalue weighted by atomic mass is 9.77. The molecule has 2 aliphatic heterocycles. The largest absolute Gasteiger partial charge is 0.342 e. The van der Waals surface area contributed by atoms with Crippen molar-refractivity contribution in [2.24, 2.45) is 12.5 Å². The molecule has 0 bridgehead atoms. The number of aromatic amines is 1. The van der Waals surface area contributed by atoms with E-state index in [-0.39, 0.29) is 11.0 Å². The first-order valence-electron chi connectivity index (χ1n) is 8.91. The van der Waals surface area contributed by atoms with Crippen molar-refractivity contribution in [1.29, 1.82) is 0 Å². The van der Waals surface area contributed by atoms with Crippen molar-refractivity contribution in [3.05, 3.63) is 22.4 Å². The monoisotopic (exact) mass is 344 g/mol. The van der Waals surface area contributed by atoms with Gasteiger partial charge in [-0.3, -0.25) is 19.2 Å². The lowest BCUT2D eigenvalue weighted by Gasteiger charge is -2.38. The average molecular weight is 344 g/mol. The number of carbonyl (C=O) groups is 1. The molecule has 8 heteroatoms. The number of hydrogen-bond acceptors (Lipinski definition) is 5. The van der Waals surface area contributed by atoms with Gasteiger partial charge < -0.3 is 9.88 Å². The van der Waals surface area contributed by atoms with E-state index in [0.29, 0.717) is 35.7 Å². The topological polar surface area (TPSA) is 87.1 Å². The molecule has 1 N–H and O–H groups in total. The quantitative estimate of drug-likeness (QED) is 0.876. The molecule has 0 atom stereocenters. The zero-order chi connectivity index (χ0) is 17.6. The molecule has 1 amide bonds. The van der Waals surface area contributed by atoms with Gasteiger partial charge in [-0.15, -0.1) is 0 Å². The van der Waals surface area contributed by atoms with Gasteiger partial charge in [0.25, 0.3) is 5.56 Å². The summed E-state index contributed by atoms with van der Waals surface area (Å²) in [6.07, 6.45) is 4.28. The van der Waals surface area contributed by atoms with Gasteiger partial charge in [0.15, 0.2) is 5.65 Å². The number of fused-ring (bicyclic) bond motifs is 1. The van der Waals surface area contributed by atoms with Gasteiger partial charge in [-0.1, -0.05) is 0 Å².